The van der Waals surface area contributed by atoms with E-state index in [1.807, 2.05) is 24.4 Å². The van der Waals surface area contributed by atoms with Crippen LogP contribution in [0.5, 0.6) is 11.5 Å². The Balaban J connectivity index is 1.50. The number of carbonyl (C=O) groups is 1. The van der Waals surface area contributed by atoms with E-state index in [4.69, 9.17) is 9.47 Å². The molecule has 28 heavy (non-hydrogen) atoms. The molecule has 5 nitrogen and oxygen atoms in total. The number of methoxy groups -OCH3 is 1. The molecule has 0 bridgehead atoms. The maximum atomic E-state index is 12.4. The zero-order valence-corrected chi connectivity index (χ0v) is 16.4. The van der Waals surface area contributed by atoms with Gasteiger partial charge in [0.15, 0.2) is 11.5 Å². The molecule has 1 aliphatic heterocycles. The van der Waals surface area contributed by atoms with Crippen molar-refractivity contribution >= 4 is 5.91 Å². The van der Waals surface area contributed by atoms with E-state index in [1.54, 1.807) is 13.3 Å². The highest BCUT2D eigenvalue weighted by molar-refractivity contribution is 5.80. The van der Waals surface area contributed by atoms with Crippen molar-refractivity contribution < 1.29 is 14.3 Å². The van der Waals surface area contributed by atoms with Crippen molar-refractivity contribution in [3.05, 3.63) is 53.9 Å². The first-order valence-electron chi connectivity index (χ1n) is 10.2. The quantitative estimate of drug-likeness (QED) is 0.826. The molecule has 2 aromatic rings. The molecule has 2 atom stereocenters. The minimum Gasteiger partial charge on any atom is -0.493 e. The van der Waals surface area contributed by atoms with Crippen LogP contribution in [-0.2, 0) is 11.2 Å². The number of piperidine rings is 1. The minimum absolute atomic E-state index is 0.0377. The summed E-state index contributed by atoms with van der Waals surface area (Å²) in [5.74, 6) is 1.98. The molecule has 5 heteroatoms. The van der Waals surface area contributed by atoms with E-state index in [9.17, 15) is 4.79 Å². The predicted molar refractivity (Wildman–Crippen MR) is 108 cm³/mol. The molecule has 2 heterocycles. The monoisotopic (exact) mass is 380 g/mol. The van der Waals surface area contributed by atoms with E-state index in [0.29, 0.717) is 6.54 Å². The normalized spacial score (nSPS) is 22.7. The maximum Gasteiger partial charge on any atom is 0.223 e. The number of ether oxygens (including phenoxy) is 2. The number of rotatable bonds is 6. The fraction of sp³-hybridized carbons (Fsp3) is 0.478. The third kappa shape index (κ3) is 4.29. The molecule has 2 aliphatic rings. The van der Waals surface area contributed by atoms with Crippen molar-refractivity contribution in [1.29, 1.82) is 0 Å². The second-order valence-electron chi connectivity index (χ2n) is 7.87. The van der Waals surface area contributed by atoms with Gasteiger partial charge in [-0.25, -0.2) is 0 Å². The lowest BCUT2D eigenvalue weighted by Crippen LogP contribution is -2.41. The van der Waals surface area contributed by atoms with Gasteiger partial charge in [-0.2, -0.15) is 0 Å². The molecule has 0 unspecified atom stereocenters. The summed E-state index contributed by atoms with van der Waals surface area (Å²) in [6.45, 7) is 0.664. The highest BCUT2D eigenvalue weighted by Gasteiger charge is 2.30. The Kier molecular flexibility index (Phi) is 5.79. The topological polar surface area (TPSA) is 60.5 Å². The lowest BCUT2D eigenvalue weighted by Gasteiger charge is -2.30. The van der Waals surface area contributed by atoms with Crippen molar-refractivity contribution in [2.45, 2.75) is 50.5 Å². The summed E-state index contributed by atoms with van der Waals surface area (Å²) in [6.07, 6.45) is 10.1. The molecule has 2 fully saturated rings. The van der Waals surface area contributed by atoms with Gasteiger partial charge in [0, 0.05) is 30.8 Å². The van der Waals surface area contributed by atoms with Crippen LogP contribution >= 0.6 is 0 Å². The second kappa shape index (κ2) is 8.63. The van der Waals surface area contributed by atoms with Crippen LogP contribution in [-0.4, -0.2) is 30.6 Å². The number of carbonyl (C=O) groups excluding carboxylic acids is 1. The van der Waals surface area contributed by atoms with Crippen LogP contribution in [0, 0.1) is 5.92 Å². The third-order valence-electron chi connectivity index (χ3n) is 5.92. The number of pyridine rings is 1. The molecule has 4 rings (SSSR count). The van der Waals surface area contributed by atoms with Gasteiger partial charge in [-0.15, -0.1) is 0 Å². The van der Waals surface area contributed by atoms with Crippen LogP contribution < -0.4 is 14.8 Å². The Hall–Kier alpha value is -2.56. The number of amides is 1. The first-order valence-corrected chi connectivity index (χ1v) is 10.2. The van der Waals surface area contributed by atoms with E-state index in [0.717, 1.165) is 42.7 Å². The molecular weight excluding hydrogens is 352 g/mol. The van der Waals surface area contributed by atoms with E-state index in [2.05, 4.69) is 22.4 Å². The smallest absolute Gasteiger partial charge is 0.223 e. The van der Waals surface area contributed by atoms with Crippen molar-refractivity contribution in [3.8, 4) is 11.5 Å². The van der Waals surface area contributed by atoms with Crippen molar-refractivity contribution in [3.63, 3.8) is 0 Å². The molecule has 0 spiro atoms. The van der Waals surface area contributed by atoms with Gasteiger partial charge >= 0.3 is 0 Å². The molecule has 148 valence electrons. The van der Waals surface area contributed by atoms with Crippen molar-refractivity contribution in [1.82, 2.24) is 10.3 Å². The number of hydrogen-bond acceptors (Lipinski definition) is 4. The van der Waals surface area contributed by atoms with E-state index in [1.165, 1.54) is 18.4 Å². The molecule has 1 N–H and O–H groups in total. The maximum absolute atomic E-state index is 12.4. The molecule has 0 radical (unpaired) electrons. The number of nitrogens with zero attached hydrogens (tertiary/aromatic N) is 1. The minimum atomic E-state index is -0.0377. The highest BCUT2D eigenvalue weighted by Crippen LogP contribution is 2.37. The molecule has 1 saturated heterocycles. The van der Waals surface area contributed by atoms with Gasteiger partial charge in [-0.1, -0.05) is 12.1 Å². The van der Waals surface area contributed by atoms with Gasteiger partial charge in [0.05, 0.1) is 13.2 Å². The van der Waals surface area contributed by atoms with E-state index >= 15 is 0 Å². The average molecular weight is 380 g/mol. The Morgan fingerprint density at radius 2 is 2.04 bits per heavy atom. The SMILES string of the molecule is COc1ccc([C@H]2CNC(=O)[C@@H](Cc3cccnc3)C2)cc1OC1CCCC1. The Bertz CT molecular complexity index is 803. The number of aromatic nitrogens is 1. The Morgan fingerprint density at radius 1 is 1.18 bits per heavy atom. The van der Waals surface area contributed by atoms with E-state index in [-0.39, 0.29) is 23.8 Å². The zero-order valence-electron chi connectivity index (χ0n) is 16.4. The average Bonchev–Trinajstić information content (AvgIpc) is 3.23. The number of hydrogen-bond donors (Lipinski definition) is 1. The predicted octanol–water partition coefficient (Wildman–Crippen LogP) is 3.87. The summed E-state index contributed by atoms with van der Waals surface area (Å²) in [5, 5.41) is 3.09. The molecule has 1 aromatic heterocycles. The summed E-state index contributed by atoms with van der Waals surface area (Å²) in [4.78, 5) is 16.6. The molecular formula is C23H28N2O3. The first kappa shape index (κ1) is 18.8. The molecule has 1 aliphatic carbocycles. The third-order valence-corrected chi connectivity index (χ3v) is 5.92. The standard InChI is InChI=1S/C23H28N2O3/c1-27-21-9-8-17(13-22(21)28-20-6-2-3-7-20)19-12-18(23(26)25-15-19)11-16-5-4-10-24-14-16/h4-5,8-10,13-14,18-20H,2-3,6-7,11-12,15H2,1H3,(H,25,26)/t18-,19+/m0/s1. The van der Waals surface area contributed by atoms with Crippen LogP contribution in [0.15, 0.2) is 42.7 Å². The van der Waals surface area contributed by atoms with Gasteiger partial charge in [0.25, 0.3) is 0 Å². The largest absolute Gasteiger partial charge is 0.493 e. The van der Waals surface area contributed by atoms with Gasteiger partial charge in [-0.3, -0.25) is 9.78 Å². The lowest BCUT2D eigenvalue weighted by atomic mass is 9.82. The zero-order chi connectivity index (χ0) is 19.3. The first-order chi connectivity index (χ1) is 13.7. The number of benzene rings is 1. The van der Waals surface area contributed by atoms with Crippen LogP contribution in [0.4, 0.5) is 0 Å². The molecule has 1 aromatic carbocycles. The fourth-order valence-electron chi connectivity index (χ4n) is 4.36. The summed E-state index contributed by atoms with van der Waals surface area (Å²) in [7, 11) is 1.68. The molecule has 1 amide bonds. The lowest BCUT2D eigenvalue weighted by molar-refractivity contribution is -0.126. The van der Waals surface area contributed by atoms with Crippen LogP contribution in [0.2, 0.25) is 0 Å². The Morgan fingerprint density at radius 3 is 2.79 bits per heavy atom. The fourth-order valence-corrected chi connectivity index (χ4v) is 4.36. The van der Waals surface area contributed by atoms with Gasteiger partial charge < -0.3 is 14.8 Å². The Labute approximate surface area is 166 Å². The van der Waals surface area contributed by atoms with Gasteiger partial charge in [-0.05, 0) is 67.9 Å². The van der Waals surface area contributed by atoms with Crippen LogP contribution in [0.3, 0.4) is 0 Å². The van der Waals surface area contributed by atoms with Crippen LogP contribution in [0.25, 0.3) is 0 Å². The van der Waals surface area contributed by atoms with Crippen molar-refractivity contribution in [2.24, 2.45) is 5.92 Å². The second-order valence-corrected chi connectivity index (χ2v) is 7.87. The summed E-state index contributed by atoms with van der Waals surface area (Å²) < 4.78 is 11.8. The summed E-state index contributed by atoms with van der Waals surface area (Å²) in [6, 6.07) is 10.2. The summed E-state index contributed by atoms with van der Waals surface area (Å²) in [5.41, 5.74) is 2.30. The van der Waals surface area contributed by atoms with Crippen molar-refractivity contribution in [2.75, 3.05) is 13.7 Å². The van der Waals surface area contributed by atoms with Gasteiger partial charge in [0.1, 0.15) is 0 Å². The molecule has 1 saturated carbocycles. The van der Waals surface area contributed by atoms with Crippen LogP contribution in [0.1, 0.15) is 49.1 Å². The summed E-state index contributed by atoms with van der Waals surface area (Å²) >= 11 is 0. The number of nitrogens with one attached hydrogen (secondary N) is 1. The van der Waals surface area contributed by atoms with E-state index < -0.39 is 0 Å². The highest BCUT2D eigenvalue weighted by atomic mass is 16.5. The van der Waals surface area contributed by atoms with Gasteiger partial charge in [0.2, 0.25) is 5.91 Å².